The van der Waals surface area contributed by atoms with Gasteiger partial charge in [0.05, 0.1) is 18.1 Å². The molecule has 0 bridgehead atoms. The number of carbonyl (C=O) groups excluding carboxylic acids is 1. The van der Waals surface area contributed by atoms with Crippen molar-refractivity contribution in [2.75, 3.05) is 51.2 Å². The Balaban J connectivity index is 1.20. The van der Waals surface area contributed by atoms with Crippen molar-refractivity contribution in [2.45, 2.75) is 25.9 Å². The Labute approximate surface area is 244 Å². The van der Waals surface area contributed by atoms with Crippen molar-refractivity contribution in [3.8, 4) is 22.9 Å². The molecule has 2 saturated heterocycles. The number of carbonyl (C=O) groups is 1. The van der Waals surface area contributed by atoms with Crippen LogP contribution in [0.5, 0.6) is 11.6 Å². The summed E-state index contributed by atoms with van der Waals surface area (Å²) in [6.07, 6.45) is 4.49. The van der Waals surface area contributed by atoms with Crippen molar-refractivity contribution in [1.82, 2.24) is 30.1 Å². The van der Waals surface area contributed by atoms with E-state index in [1.54, 1.807) is 25.4 Å². The summed E-state index contributed by atoms with van der Waals surface area (Å²) in [5.41, 5.74) is 2.61. The molecule has 9 nitrogen and oxygen atoms in total. The Hall–Kier alpha value is -2.98. The highest BCUT2D eigenvalue weighted by molar-refractivity contribution is 6.35. The smallest absolute Gasteiger partial charge is 0.225 e. The van der Waals surface area contributed by atoms with Gasteiger partial charge in [0.15, 0.2) is 5.75 Å². The van der Waals surface area contributed by atoms with Crippen LogP contribution in [0.2, 0.25) is 10.0 Å². The Morgan fingerprint density at radius 3 is 2.42 bits per heavy atom. The molecule has 0 radical (unpaired) electrons. The standard InChI is InChI=1S/C29H33Cl2N7O2/c1-18(39)34-28-24-16-37(17-25(24)28)15-19-8-26(20-10-21(30)12-22(31)11-20)35-27(9-19)40-23-13-32-29(33-14-23)38-5-3-4-36(2)6-7-38/h8-14,24-25,28H,3-7,15-17H2,1-2H3,(H,34,39)/t24-,25-/m0/s1. The molecular weight excluding hydrogens is 549 g/mol. The second kappa shape index (κ2) is 11.5. The molecule has 0 unspecified atom stereocenters. The van der Waals surface area contributed by atoms with Crippen LogP contribution >= 0.6 is 23.2 Å². The van der Waals surface area contributed by atoms with Gasteiger partial charge in [0, 0.05) is 73.9 Å². The number of hydrogen-bond acceptors (Lipinski definition) is 8. The van der Waals surface area contributed by atoms with Crippen LogP contribution in [0.25, 0.3) is 11.3 Å². The van der Waals surface area contributed by atoms with E-state index in [0.29, 0.717) is 45.5 Å². The SMILES string of the molecule is CC(=O)NC1[C@H]2CN(Cc3cc(Oc4cnc(N5CCCN(C)CC5)nc4)nc(-c4cc(Cl)cc(Cl)c4)c3)C[C@H]12. The maximum atomic E-state index is 11.5. The summed E-state index contributed by atoms with van der Waals surface area (Å²) in [5.74, 6) is 2.78. The fourth-order valence-electron chi connectivity index (χ4n) is 5.89. The Bertz CT molecular complexity index is 1360. The molecule has 1 aromatic carbocycles. The molecule has 1 amide bonds. The van der Waals surface area contributed by atoms with E-state index in [0.717, 1.165) is 69.1 Å². The quantitative estimate of drug-likeness (QED) is 0.441. The number of likely N-dealkylation sites (N-methyl/N-ethyl adjacent to an activating group) is 1. The van der Waals surface area contributed by atoms with Gasteiger partial charge in [-0.1, -0.05) is 23.2 Å². The Kier molecular flexibility index (Phi) is 7.81. The average Bonchev–Trinajstić information content (AvgIpc) is 3.42. The van der Waals surface area contributed by atoms with Crippen molar-refractivity contribution in [3.63, 3.8) is 0 Å². The molecule has 210 valence electrons. The third kappa shape index (κ3) is 6.33. The van der Waals surface area contributed by atoms with E-state index in [4.69, 9.17) is 32.9 Å². The van der Waals surface area contributed by atoms with Crippen LogP contribution in [0.4, 0.5) is 5.95 Å². The van der Waals surface area contributed by atoms with Gasteiger partial charge in [-0.15, -0.1) is 0 Å². The third-order valence-electron chi connectivity index (χ3n) is 7.90. The van der Waals surface area contributed by atoms with Gasteiger partial charge in [0.2, 0.25) is 17.7 Å². The summed E-state index contributed by atoms with van der Waals surface area (Å²) in [4.78, 5) is 32.4. The predicted octanol–water partition coefficient (Wildman–Crippen LogP) is 4.35. The topological polar surface area (TPSA) is 86.7 Å². The zero-order chi connectivity index (χ0) is 27.8. The first-order chi connectivity index (χ1) is 19.3. The van der Waals surface area contributed by atoms with Gasteiger partial charge in [-0.25, -0.2) is 15.0 Å². The van der Waals surface area contributed by atoms with Crippen LogP contribution in [0.3, 0.4) is 0 Å². The van der Waals surface area contributed by atoms with Crippen LogP contribution in [-0.4, -0.2) is 83.0 Å². The second-order valence-electron chi connectivity index (χ2n) is 11.1. The number of aromatic nitrogens is 3. The van der Waals surface area contributed by atoms with Gasteiger partial charge in [0.25, 0.3) is 0 Å². The monoisotopic (exact) mass is 581 g/mol. The lowest BCUT2D eigenvalue weighted by Gasteiger charge is -2.21. The number of halogens is 2. The zero-order valence-corrected chi connectivity index (χ0v) is 24.2. The molecule has 4 heterocycles. The molecule has 40 heavy (non-hydrogen) atoms. The van der Waals surface area contributed by atoms with E-state index in [2.05, 4.69) is 43.1 Å². The average molecular weight is 583 g/mol. The third-order valence-corrected chi connectivity index (χ3v) is 8.34. The van der Waals surface area contributed by atoms with Gasteiger partial charge in [-0.3, -0.25) is 9.69 Å². The van der Waals surface area contributed by atoms with Crippen molar-refractivity contribution >= 4 is 35.1 Å². The summed E-state index contributed by atoms with van der Waals surface area (Å²) in [7, 11) is 2.14. The highest BCUT2D eigenvalue weighted by Crippen LogP contribution is 2.46. The lowest BCUT2D eigenvalue weighted by atomic mass is 10.1. The highest BCUT2D eigenvalue weighted by Gasteiger charge is 2.55. The number of piperidine rings is 1. The number of pyridine rings is 1. The summed E-state index contributed by atoms with van der Waals surface area (Å²) in [6, 6.07) is 9.74. The molecule has 2 aromatic heterocycles. The normalized spacial score (nSPS) is 23.0. The Morgan fingerprint density at radius 2 is 1.73 bits per heavy atom. The van der Waals surface area contributed by atoms with E-state index in [1.165, 1.54) is 0 Å². The van der Waals surface area contributed by atoms with Crippen LogP contribution < -0.4 is 15.0 Å². The Morgan fingerprint density at radius 1 is 1.00 bits per heavy atom. The minimum absolute atomic E-state index is 0.0442. The molecule has 3 aromatic rings. The largest absolute Gasteiger partial charge is 0.436 e. The maximum absolute atomic E-state index is 11.5. The number of fused-ring (bicyclic) bond motifs is 1. The molecule has 1 aliphatic carbocycles. The lowest BCUT2D eigenvalue weighted by Crippen LogP contribution is -2.33. The van der Waals surface area contributed by atoms with Gasteiger partial charge in [0.1, 0.15) is 0 Å². The minimum Gasteiger partial charge on any atom is -0.436 e. The maximum Gasteiger partial charge on any atom is 0.225 e. The number of anilines is 1. The molecule has 1 saturated carbocycles. The molecule has 11 heteroatoms. The summed E-state index contributed by atoms with van der Waals surface area (Å²) >= 11 is 12.6. The van der Waals surface area contributed by atoms with E-state index >= 15 is 0 Å². The first kappa shape index (κ1) is 27.2. The number of nitrogens with one attached hydrogen (secondary N) is 1. The van der Waals surface area contributed by atoms with Crippen LogP contribution in [-0.2, 0) is 11.3 Å². The van der Waals surface area contributed by atoms with Crippen molar-refractivity contribution in [2.24, 2.45) is 11.8 Å². The predicted molar refractivity (Wildman–Crippen MR) is 156 cm³/mol. The highest BCUT2D eigenvalue weighted by atomic mass is 35.5. The number of benzene rings is 1. The van der Waals surface area contributed by atoms with E-state index in [1.807, 2.05) is 18.2 Å². The summed E-state index contributed by atoms with van der Waals surface area (Å²) < 4.78 is 6.19. The molecule has 0 spiro atoms. The van der Waals surface area contributed by atoms with Crippen molar-refractivity contribution in [3.05, 3.63) is 58.3 Å². The van der Waals surface area contributed by atoms with E-state index in [9.17, 15) is 4.79 Å². The fraction of sp³-hybridized carbons (Fsp3) is 0.448. The van der Waals surface area contributed by atoms with Crippen molar-refractivity contribution in [1.29, 1.82) is 0 Å². The zero-order valence-electron chi connectivity index (χ0n) is 22.7. The number of likely N-dealkylation sites (tertiary alicyclic amines) is 1. The van der Waals surface area contributed by atoms with Crippen LogP contribution in [0, 0.1) is 11.8 Å². The summed E-state index contributed by atoms with van der Waals surface area (Å²) in [5, 5.41) is 4.16. The summed E-state index contributed by atoms with van der Waals surface area (Å²) in [6.45, 7) is 8.13. The minimum atomic E-state index is 0.0442. The van der Waals surface area contributed by atoms with E-state index in [-0.39, 0.29) is 5.91 Å². The molecule has 1 N–H and O–H groups in total. The van der Waals surface area contributed by atoms with Crippen molar-refractivity contribution < 1.29 is 9.53 Å². The first-order valence-corrected chi connectivity index (χ1v) is 14.5. The number of amides is 1. The van der Waals surface area contributed by atoms with Crippen LogP contribution in [0.15, 0.2) is 42.7 Å². The number of nitrogens with zero attached hydrogens (tertiary/aromatic N) is 6. The lowest BCUT2D eigenvalue weighted by molar-refractivity contribution is -0.119. The molecule has 3 fully saturated rings. The van der Waals surface area contributed by atoms with Gasteiger partial charge < -0.3 is 19.9 Å². The molecule has 3 aliphatic rings. The van der Waals surface area contributed by atoms with Gasteiger partial charge in [-0.2, -0.15) is 0 Å². The van der Waals surface area contributed by atoms with Gasteiger partial charge >= 0.3 is 0 Å². The number of hydrogen-bond donors (Lipinski definition) is 1. The first-order valence-electron chi connectivity index (χ1n) is 13.7. The number of rotatable bonds is 7. The molecular formula is C29H33Cl2N7O2. The van der Waals surface area contributed by atoms with Crippen LogP contribution in [0.1, 0.15) is 18.9 Å². The van der Waals surface area contributed by atoms with Gasteiger partial charge in [-0.05, 0) is 61.7 Å². The number of ether oxygens (including phenoxy) is 1. The second-order valence-corrected chi connectivity index (χ2v) is 11.9. The fourth-order valence-corrected chi connectivity index (χ4v) is 6.42. The molecule has 2 aliphatic heterocycles. The van der Waals surface area contributed by atoms with E-state index < -0.39 is 0 Å². The molecule has 6 rings (SSSR count). The molecule has 2 atom stereocenters.